The van der Waals surface area contributed by atoms with E-state index in [1.807, 2.05) is 12.1 Å². The van der Waals surface area contributed by atoms with Crippen LogP contribution in [0.1, 0.15) is 24.4 Å². The molecule has 1 N–H and O–H groups in total. The number of alkyl halides is 1. The number of anilines is 1. The Morgan fingerprint density at radius 1 is 0.944 bits per heavy atom. The fourth-order valence-electron chi connectivity index (χ4n) is 4.89. The van der Waals surface area contributed by atoms with Gasteiger partial charge in [0.2, 0.25) is 11.8 Å². The van der Waals surface area contributed by atoms with Gasteiger partial charge in [-0.15, -0.1) is 0 Å². The van der Waals surface area contributed by atoms with Crippen molar-refractivity contribution in [3.05, 3.63) is 90.1 Å². The van der Waals surface area contributed by atoms with E-state index in [1.165, 1.54) is 24.3 Å². The Hall–Kier alpha value is -4.14. The average Bonchev–Trinajstić information content (AvgIpc) is 3.32. The van der Waals surface area contributed by atoms with Crippen molar-refractivity contribution in [2.75, 3.05) is 4.90 Å². The minimum absolute atomic E-state index is 0.0321. The summed E-state index contributed by atoms with van der Waals surface area (Å²) in [4.78, 5) is 27.3. The van der Waals surface area contributed by atoms with Gasteiger partial charge in [0.15, 0.2) is 0 Å². The van der Waals surface area contributed by atoms with Crippen LogP contribution in [0, 0.1) is 17.6 Å². The van der Waals surface area contributed by atoms with Crippen LogP contribution in [0.4, 0.5) is 18.9 Å². The highest BCUT2D eigenvalue weighted by molar-refractivity contribution is 6.00. The first-order chi connectivity index (χ1) is 17.4. The number of carbonyl (C=O) groups is 2. The number of carbonyl (C=O) groups excluding carboxylic acids is 2. The zero-order valence-electron chi connectivity index (χ0n) is 18.9. The van der Waals surface area contributed by atoms with Crippen LogP contribution >= 0.6 is 0 Å². The van der Waals surface area contributed by atoms with E-state index < -0.39 is 35.9 Å². The number of amides is 2. The molecule has 4 atom stereocenters. The fraction of sp³-hybridized carbons (Fsp3) is 0.222. The molecular weight excluding hydrogens is 469 g/mol. The molecule has 3 aromatic carbocycles. The van der Waals surface area contributed by atoms with E-state index in [0.29, 0.717) is 16.9 Å². The van der Waals surface area contributed by atoms with Crippen molar-refractivity contribution in [3.63, 3.8) is 0 Å². The third-order valence-corrected chi connectivity index (χ3v) is 6.81. The first-order valence-electron chi connectivity index (χ1n) is 11.6. The van der Waals surface area contributed by atoms with Crippen LogP contribution in [0.25, 0.3) is 16.6 Å². The van der Waals surface area contributed by atoms with E-state index in [1.54, 1.807) is 46.1 Å². The highest BCUT2D eigenvalue weighted by Crippen LogP contribution is 2.40. The number of benzene rings is 3. The van der Waals surface area contributed by atoms with Crippen LogP contribution in [0.3, 0.4) is 0 Å². The standard InChI is InChI=1S/C27H21F3N4O2/c28-17-3-1-15(2-4-17)26-23(32-27(36)21-12-22(21)30)13-25(35)33(26)20-9-10-24-16(11-20)14-31-34(24)19-7-5-18(29)6-8-19/h1-11,14,21-23,26H,12-13H2,(H,32,36)/t21-,22+,23?,26?/m1/s1. The molecule has 0 radical (unpaired) electrons. The molecule has 0 bridgehead atoms. The van der Waals surface area contributed by atoms with Crippen molar-refractivity contribution in [2.24, 2.45) is 5.92 Å². The van der Waals surface area contributed by atoms with Crippen LogP contribution < -0.4 is 10.2 Å². The molecule has 9 heteroatoms. The fourth-order valence-corrected chi connectivity index (χ4v) is 4.89. The molecule has 2 unspecified atom stereocenters. The largest absolute Gasteiger partial charge is 0.350 e. The van der Waals surface area contributed by atoms with Crippen LogP contribution in [0.2, 0.25) is 0 Å². The topological polar surface area (TPSA) is 67.2 Å². The van der Waals surface area contributed by atoms with Crippen molar-refractivity contribution >= 4 is 28.4 Å². The van der Waals surface area contributed by atoms with Crippen LogP contribution in [-0.4, -0.2) is 33.8 Å². The second-order valence-corrected chi connectivity index (χ2v) is 9.21. The summed E-state index contributed by atoms with van der Waals surface area (Å²) in [6, 6.07) is 16.0. The van der Waals surface area contributed by atoms with Crippen molar-refractivity contribution in [3.8, 4) is 5.69 Å². The summed E-state index contributed by atoms with van der Waals surface area (Å²) in [5.41, 5.74) is 2.70. The molecule has 1 aliphatic heterocycles. The lowest BCUT2D eigenvalue weighted by atomic mass is 9.99. The van der Waals surface area contributed by atoms with Crippen molar-refractivity contribution in [2.45, 2.75) is 31.1 Å². The first kappa shape index (κ1) is 22.3. The van der Waals surface area contributed by atoms with E-state index in [2.05, 4.69) is 10.4 Å². The van der Waals surface area contributed by atoms with Gasteiger partial charge >= 0.3 is 0 Å². The normalized spacial score (nSPS) is 23.3. The number of hydrogen-bond acceptors (Lipinski definition) is 3. The Morgan fingerprint density at radius 2 is 1.58 bits per heavy atom. The summed E-state index contributed by atoms with van der Waals surface area (Å²) in [6.45, 7) is 0. The lowest BCUT2D eigenvalue weighted by Gasteiger charge is -2.29. The van der Waals surface area contributed by atoms with Gasteiger partial charge in [-0.1, -0.05) is 12.1 Å². The quantitative estimate of drug-likeness (QED) is 0.444. The van der Waals surface area contributed by atoms with E-state index in [9.17, 15) is 22.8 Å². The molecule has 6 nitrogen and oxygen atoms in total. The van der Waals surface area contributed by atoms with Crippen LogP contribution in [0.5, 0.6) is 0 Å². The zero-order valence-corrected chi connectivity index (χ0v) is 18.9. The maximum absolute atomic E-state index is 13.7. The molecule has 36 heavy (non-hydrogen) atoms. The molecule has 1 aromatic heterocycles. The van der Waals surface area contributed by atoms with Crippen LogP contribution in [-0.2, 0) is 9.59 Å². The van der Waals surface area contributed by atoms with Gasteiger partial charge in [0, 0.05) is 17.5 Å². The number of fused-ring (bicyclic) bond motifs is 1. The van der Waals surface area contributed by atoms with E-state index in [4.69, 9.17) is 0 Å². The maximum Gasteiger partial charge on any atom is 0.229 e. The molecule has 2 aliphatic rings. The minimum Gasteiger partial charge on any atom is -0.350 e. The molecule has 1 saturated carbocycles. The minimum atomic E-state index is -1.15. The summed E-state index contributed by atoms with van der Waals surface area (Å²) in [5, 5.41) is 8.02. The molecule has 1 aliphatic carbocycles. The summed E-state index contributed by atoms with van der Waals surface area (Å²) in [7, 11) is 0. The monoisotopic (exact) mass is 490 g/mol. The molecule has 2 heterocycles. The predicted molar refractivity (Wildman–Crippen MR) is 127 cm³/mol. The maximum atomic E-state index is 13.7. The van der Waals surface area contributed by atoms with Gasteiger partial charge in [0.25, 0.3) is 0 Å². The van der Waals surface area contributed by atoms with Gasteiger partial charge in [0.1, 0.15) is 17.8 Å². The Labute approximate surface area is 204 Å². The highest BCUT2D eigenvalue weighted by atomic mass is 19.1. The second-order valence-electron chi connectivity index (χ2n) is 9.21. The summed E-state index contributed by atoms with van der Waals surface area (Å²) < 4.78 is 42.1. The Bertz CT molecular complexity index is 1470. The summed E-state index contributed by atoms with van der Waals surface area (Å²) in [5.74, 6) is -2.07. The molecule has 4 aromatic rings. The van der Waals surface area contributed by atoms with E-state index in [-0.39, 0.29) is 24.6 Å². The van der Waals surface area contributed by atoms with Gasteiger partial charge in [-0.2, -0.15) is 5.10 Å². The Kier molecular flexibility index (Phi) is 5.28. The number of nitrogens with one attached hydrogen (secondary N) is 1. The summed E-state index contributed by atoms with van der Waals surface area (Å²) in [6.07, 6.45) is 0.724. The molecule has 1 saturated heterocycles. The average molecular weight is 490 g/mol. The van der Waals surface area contributed by atoms with Gasteiger partial charge < -0.3 is 10.2 Å². The third kappa shape index (κ3) is 3.90. The van der Waals surface area contributed by atoms with E-state index in [0.717, 1.165) is 10.9 Å². The number of halogens is 3. The van der Waals surface area contributed by atoms with Crippen molar-refractivity contribution < 1.29 is 22.8 Å². The lowest BCUT2D eigenvalue weighted by Crippen LogP contribution is -2.41. The van der Waals surface area contributed by atoms with Gasteiger partial charge in [-0.25, -0.2) is 17.9 Å². The number of rotatable bonds is 5. The van der Waals surface area contributed by atoms with Gasteiger partial charge in [0.05, 0.1) is 35.4 Å². The Morgan fingerprint density at radius 3 is 2.25 bits per heavy atom. The third-order valence-electron chi connectivity index (χ3n) is 6.81. The van der Waals surface area contributed by atoms with E-state index >= 15 is 0 Å². The number of aromatic nitrogens is 2. The van der Waals surface area contributed by atoms with Crippen molar-refractivity contribution in [1.29, 1.82) is 0 Å². The van der Waals surface area contributed by atoms with Gasteiger partial charge in [-0.05, 0) is 66.6 Å². The molecule has 2 fully saturated rings. The number of nitrogens with zero attached hydrogens (tertiary/aromatic N) is 3. The molecule has 6 rings (SSSR count). The van der Waals surface area contributed by atoms with Crippen LogP contribution in [0.15, 0.2) is 72.9 Å². The molecule has 182 valence electrons. The molecular formula is C27H21F3N4O2. The lowest BCUT2D eigenvalue weighted by molar-refractivity contribution is -0.123. The predicted octanol–water partition coefficient (Wildman–Crippen LogP) is 4.62. The zero-order chi connectivity index (χ0) is 25.0. The molecule has 2 amide bonds. The van der Waals surface area contributed by atoms with Crippen molar-refractivity contribution in [1.82, 2.24) is 15.1 Å². The molecule has 0 spiro atoms. The first-order valence-corrected chi connectivity index (χ1v) is 11.6. The SMILES string of the molecule is O=C(NC1CC(=O)N(c2ccc3c(cnn3-c3ccc(F)cc3)c2)C1c1ccc(F)cc1)[C@@H]1C[C@@H]1F. The Balaban J connectivity index is 1.37. The second kappa shape index (κ2) is 8.51. The smallest absolute Gasteiger partial charge is 0.229 e. The number of hydrogen-bond donors (Lipinski definition) is 1. The van der Waals surface area contributed by atoms with Gasteiger partial charge in [-0.3, -0.25) is 9.59 Å². The highest BCUT2D eigenvalue weighted by Gasteiger charge is 2.48. The summed E-state index contributed by atoms with van der Waals surface area (Å²) >= 11 is 0.